The van der Waals surface area contributed by atoms with E-state index in [1.807, 2.05) is 20.8 Å². The molecule has 1 heterocycles. The smallest absolute Gasteiger partial charge is 0.120 e. The minimum atomic E-state index is -1.06. The van der Waals surface area contributed by atoms with Crippen molar-refractivity contribution in [3.8, 4) is 0 Å². The first-order valence-corrected chi connectivity index (χ1v) is 4.64. The third-order valence-electron chi connectivity index (χ3n) is 2.07. The van der Waals surface area contributed by atoms with Crippen molar-refractivity contribution >= 4 is 0 Å². The van der Waals surface area contributed by atoms with Crippen LogP contribution in [0.1, 0.15) is 38.1 Å². The predicted molar refractivity (Wildman–Crippen MR) is 52.8 cm³/mol. The number of aliphatic hydroxyl groups excluding tert-OH is 1. The zero-order chi connectivity index (χ0) is 10.9. The molecule has 1 unspecified atom stereocenters. The van der Waals surface area contributed by atoms with Crippen molar-refractivity contribution in [3.63, 3.8) is 0 Å². The monoisotopic (exact) mass is 200 g/mol. The molecule has 0 aliphatic rings. The van der Waals surface area contributed by atoms with Crippen LogP contribution in [0.3, 0.4) is 0 Å². The highest BCUT2D eigenvalue weighted by Crippen LogP contribution is 2.28. The average Bonchev–Trinajstić information content (AvgIpc) is 2.45. The van der Waals surface area contributed by atoms with Gasteiger partial charge in [0.1, 0.15) is 12.8 Å². The summed E-state index contributed by atoms with van der Waals surface area (Å²) in [6.07, 6.45) is 0.614. The van der Waals surface area contributed by atoms with E-state index in [-0.39, 0.29) is 5.41 Å². The van der Waals surface area contributed by atoms with Crippen molar-refractivity contribution in [2.75, 3.05) is 6.67 Å². The molecule has 0 amide bonds. The predicted octanol–water partition coefficient (Wildman–Crippen LogP) is 1.72. The van der Waals surface area contributed by atoms with Gasteiger partial charge in [-0.2, -0.15) is 5.10 Å². The Morgan fingerprint density at radius 1 is 1.57 bits per heavy atom. The molecule has 0 aromatic carbocycles. The Balaban J connectivity index is 3.16. The Kier molecular flexibility index (Phi) is 2.95. The summed E-state index contributed by atoms with van der Waals surface area (Å²) in [6, 6.07) is 0. The van der Waals surface area contributed by atoms with E-state index >= 15 is 0 Å². The topological polar surface area (TPSA) is 38.0 Å². The summed E-state index contributed by atoms with van der Waals surface area (Å²) in [5, 5.41) is 13.7. The van der Waals surface area contributed by atoms with Gasteiger partial charge in [-0.25, -0.2) is 4.39 Å². The first-order valence-electron chi connectivity index (χ1n) is 4.64. The van der Waals surface area contributed by atoms with E-state index in [0.717, 1.165) is 5.69 Å². The van der Waals surface area contributed by atoms with Crippen LogP contribution in [0.4, 0.5) is 4.39 Å². The molecule has 0 saturated carbocycles. The standard InChI is InChI=1S/C10H17FN2O/c1-10(2,3)9-7(8(14)5-11)6-13(4)12-9/h6,8,14H,5H2,1-4H3. The molecule has 0 aliphatic heterocycles. The SMILES string of the molecule is Cn1cc(C(O)CF)c(C(C)(C)C)n1. The lowest BCUT2D eigenvalue weighted by Gasteiger charge is -2.18. The molecule has 14 heavy (non-hydrogen) atoms. The van der Waals surface area contributed by atoms with Gasteiger partial charge < -0.3 is 5.11 Å². The molecule has 0 bridgehead atoms. The van der Waals surface area contributed by atoms with Gasteiger partial charge in [-0.05, 0) is 0 Å². The van der Waals surface area contributed by atoms with Crippen LogP contribution in [0.2, 0.25) is 0 Å². The van der Waals surface area contributed by atoms with E-state index in [2.05, 4.69) is 5.10 Å². The number of aliphatic hydroxyl groups is 1. The maximum atomic E-state index is 12.4. The van der Waals surface area contributed by atoms with Crippen LogP contribution in [0.25, 0.3) is 0 Å². The zero-order valence-electron chi connectivity index (χ0n) is 9.08. The summed E-state index contributed by atoms with van der Waals surface area (Å²) in [7, 11) is 1.77. The molecular formula is C10H17FN2O. The number of hydrogen-bond acceptors (Lipinski definition) is 2. The van der Waals surface area contributed by atoms with E-state index in [0.29, 0.717) is 5.56 Å². The quantitative estimate of drug-likeness (QED) is 0.789. The first kappa shape index (κ1) is 11.2. The summed E-state index contributed by atoms with van der Waals surface area (Å²) >= 11 is 0. The molecular weight excluding hydrogens is 183 g/mol. The number of hydrogen-bond donors (Lipinski definition) is 1. The third-order valence-corrected chi connectivity index (χ3v) is 2.07. The normalized spacial score (nSPS) is 14.4. The van der Waals surface area contributed by atoms with Gasteiger partial charge in [-0.15, -0.1) is 0 Å². The van der Waals surface area contributed by atoms with Crippen LogP contribution in [-0.2, 0) is 12.5 Å². The minimum Gasteiger partial charge on any atom is -0.386 e. The summed E-state index contributed by atoms with van der Waals surface area (Å²) in [5.74, 6) is 0. The molecule has 3 nitrogen and oxygen atoms in total. The lowest BCUT2D eigenvalue weighted by molar-refractivity contribution is 0.139. The van der Waals surface area contributed by atoms with Crippen LogP contribution in [-0.4, -0.2) is 21.6 Å². The summed E-state index contributed by atoms with van der Waals surface area (Å²) in [4.78, 5) is 0. The van der Waals surface area contributed by atoms with Gasteiger partial charge in [0.25, 0.3) is 0 Å². The molecule has 80 valence electrons. The Hall–Kier alpha value is -0.900. The van der Waals surface area contributed by atoms with E-state index in [1.54, 1.807) is 17.9 Å². The second-order valence-corrected chi connectivity index (χ2v) is 4.53. The van der Waals surface area contributed by atoms with Crippen molar-refractivity contribution < 1.29 is 9.50 Å². The molecule has 1 atom stereocenters. The van der Waals surface area contributed by atoms with Gasteiger partial charge >= 0.3 is 0 Å². The number of halogens is 1. The van der Waals surface area contributed by atoms with Crippen molar-refractivity contribution in [2.24, 2.45) is 7.05 Å². The van der Waals surface area contributed by atoms with Crippen LogP contribution in [0, 0.1) is 0 Å². The van der Waals surface area contributed by atoms with Crippen LogP contribution < -0.4 is 0 Å². The second kappa shape index (κ2) is 3.69. The number of aromatic nitrogens is 2. The zero-order valence-corrected chi connectivity index (χ0v) is 9.08. The lowest BCUT2D eigenvalue weighted by Crippen LogP contribution is -2.16. The van der Waals surface area contributed by atoms with Crippen LogP contribution in [0.5, 0.6) is 0 Å². The molecule has 0 radical (unpaired) electrons. The molecule has 1 aromatic heterocycles. The summed E-state index contributed by atoms with van der Waals surface area (Å²) < 4.78 is 14.0. The van der Waals surface area contributed by atoms with Gasteiger partial charge in [-0.3, -0.25) is 4.68 Å². The highest BCUT2D eigenvalue weighted by molar-refractivity contribution is 5.26. The van der Waals surface area contributed by atoms with Gasteiger partial charge in [0.2, 0.25) is 0 Å². The highest BCUT2D eigenvalue weighted by atomic mass is 19.1. The first-order chi connectivity index (χ1) is 6.36. The number of aryl methyl sites for hydroxylation is 1. The molecule has 0 spiro atoms. The maximum Gasteiger partial charge on any atom is 0.120 e. The van der Waals surface area contributed by atoms with Gasteiger partial charge in [0.15, 0.2) is 0 Å². The van der Waals surface area contributed by atoms with Gasteiger partial charge in [-0.1, -0.05) is 20.8 Å². The Labute approximate surface area is 83.6 Å². The second-order valence-electron chi connectivity index (χ2n) is 4.53. The van der Waals surface area contributed by atoms with Crippen molar-refractivity contribution in [2.45, 2.75) is 32.3 Å². The summed E-state index contributed by atoms with van der Waals surface area (Å²) in [5.41, 5.74) is 1.17. The fraction of sp³-hybridized carbons (Fsp3) is 0.700. The molecule has 0 fully saturated rings. The average molecular weight is 200 g/mol. The van der Waals surface area contributed by atoms with Crippen LogP contribution >= 0.6 is 0 Å². The number of rotatable bonds is 2. The van der Waals surface area contributed by atoms with Gasteiger partial charge in [0, 0.05) is 24.2 Å². The Morgan fingerprint density at radius 2 is 2.14 bits per heavy atom. The van der Waals surface area contributed by atoms with E-state index in [9.17, 15) is 9.50 Å². The van der Waals surface area contributed by atoms with Crippen LogP contribution in [0.15, 0.2) is 6.20 Å². The Bertz CT molecular complexity index is 314. The van der Waals surface area contributed by atoms with Crippen molar-refractivity contribution in [1.29, 1.82) is 0 Å². The third kappa shape index (κ3) is 2.12. The largest absolute Gasteiger partial charge is 0.386 e. The number of alkyl halides is 1. The fourth-order valence-corrected chi connectivity index (χ4v) is 1.42. The summed E-state index contributed by atoms with van der Waals surface area (Å²) in [6.45, 7) is 5.20. The molecule has 1 rings (SSSR count). The van der Waals surface area contributed by atoms with Crippen molar-refractivity contribution in [1.82, 2.24) is 9.78 Å². The minimum absolute atomic E-state index is 0.174. The molecule has 0 aliphatic carbocycles. The molecule has 4 heteroatoms. The van der Waals surface area contributed by atoms with Gasteiger partial charge in [0.05, 0.1) is 5.69 Å². The van der Waals surface area contributed by atoms with E-state index < -0.39 is 12.8 Å². The number of nitrogens with zero attached hydrogens (tertiary/aromatic N) is 2. The van der Waals surface area contributed by atoms with E-state index in [1.165, 1.54) is 0 Å². The Morgan fingerprint density at radius 3 is 2.57 bits per heavy atom. The molecule has 1 aromatic rings. The van der Waals surface area contributed by atoms with E-state index in [4.69, 9.17) is 0 Å². The maximum absolute atomic E-state index is 12.4. The molecule has 0 saturated heterocycles. The fourth-order valence-electron chi connectivity index (χ4n) is 1.42. The van der Waals surface area contributed by atoms with Crippen molar-refractivity contribution in [3.05, 3.63) is 17.5 Å². The lowest BCUT2D eigenvalue weighted by atomic mass is 9.88. The highest BCUT2D eigenvalue weighted by Gasteiger charge is 2.25. The molecule has 1 N–H and O–H groups in total.